The Morgan fingerprint density at radius 1 is 0.844 bits per heavy atom. The number of hydrogen-bond donors (Lipinski definition) is 5. The number of aromatic nitrogens is 8. The first-order chi connectivity index (χ1) is 21.3. The lowest BCUT2D eigenvalue weighted by Crippen LogP contribution is -2.36. The van der Waals surface area contributed by atoms with E-state index < -0.39 is 82.8 Å². The van der Waals surface area contributed by atoms with Gasteiger partial charge in [0, 0.05) is 0 Å². The molecule has 10 atom stereocenters. The van der Waals surface area contributed by atoms with E-state index in [0.29, 0.717) is 0 Å². The third kappa shape index (κ3) is 5.38. The van der Waals surface area contributed by atoms with Crippen molar-refractivity contribution in [2.75, 3.05) is 24.7 Å². The summed E-state index contributed by atoms with van der Waals surface area (Å²) >= 11 is 0. The van der Waals surface area contributed by atoms with Gasteiger partial charge in [-0.05, 0) is 0 Å². The lowest BCUT2D eigenvalue weighted by molar-refractivity contribution is -0.0578. The van der Waals surface area contributed by atoms with Crippen molar-refractivity contribution in [2.24, 2.45) is 0 Å². The molecule has 3 fully saturated rings. The van der Waals surface area contributed by atoms with Crippen molar-refractivity contribution < 1.29 is 46.9 Å². The highest BCUT2D eigenvalue weighted by Gasteiger charge is 2.52. The van der Waals surface area contributed by atoms with E-state index in [4.69, 9.17) is 54.2 Å². The average Bonchev–Trinajstić information content (AvgIpc) is 3.72. The summed E-state index contributed by atoms with van der Waals surface area (Å²) in [5.74, 6) is -0.172. The average molecular weight is 662 g/mol. The van der Waals surface area contributed by atoms with E-state index in [1.54, 1.807) is 0 Å². The molecular formula is C20H22B2N10O11P2. The predicted octanol–water partition coefficient (Wildman–Crippen LogP) is -1.99. The second-order valence-corrected chi connectivity index (χ2v) is 13.4. The summed E-state index contributed by atoms with van der Waals surface area (Å²) in [6, 6.07) is 0. The molecule has 3 saturated heterocycles. The first-order valence-electron chi connectivity index (χ1n) is 13.1. The zero-order chi connectivity index (χ0) is 31.8. The molecule has 4 aromatic rings. The van der Waals surface area contributed by atoms with Gasteiger partial charge < -0.3 is 49.2 Å². The van der Waals surface area contributed by atoms with Crippen LogP contribution in [0.4, 0.5) is 11.8 Å². The Hall–Kier alpha value is -3.23. The zero-order valence-electron chi connectivity index (χ0n) is 22.7. The number of nitrogens with zero attached hydrogens (tertiary/aromatic N) is 7. The van der Waals surface area contributed by atoms with Crippen molar-refractivity contribution in [2.45, 2.75) is 49.1 Å². The van der Waals surface area contributed by atoms with Crippen LogP contribution in [0.25, 0.3) is 22.3 Å². The molecule has 4 radical (unpaired) electrons. The third-order valence-corrected chi connectivity index (χ3v) is 9.48. The fourth-order valence-corrected chi connectivity index (χ4v) is 7.35. The molecule has 0 aliphatic carbocycles. The van der Waals surface area contributed by atoms with E-state index in [-0.39, 0.29) is 34.1 Å². The number of nitrogens with one attached hydrogen (secondary N) is 1. The van der Waals surface area contributed by atoms with Gasteiger partial charge in [-0.15, -0.1) is 0 Å². The molecule has 0 amide bonds. The second kappa shape index (κ2) is 10.9. The number of aliphatic hydroxyl groups excluding tert-OH is 2. The van der Waals surface area contributed by atoms with Crippen LogP contribution in [0.1, 0.15) is 12.5 Å². The molecule has 2 unspecified atom stereocenters. The van der Waals surface area contributed by atoms with Crippen LogP contribution in [-0.2, 0) is 36.7 Å². The first kappa shape index (κ1) is 30.4. The molecule has 45 heavy (non-hydrogen) atoms. The van der Waals surface area contributed by atoms with E-state index in [0.717, 1.165) is 6.33 Å². The third-order valence-electron chi connectivity index (χ3n) is 7.38. The highest BCUT2D eigenvalue weighted by atomic mass is 31.2. The van der Waals surface area contributed by atoms with E-state index in [2.05, 4.69) is 29.9 Å². The van der Waals surface area contributed by atoms with Crippen molar-refractivity contribution >= 4 is 64.2 Å². The van der Waals surface area contributed by atoms with Crippen LogP contribution in [0.3, 0.4) is 0 Å². The monoisotopic (exact) mass is 662 g/mol. The number of anilines is 2. The Morgan fingerprint density at radius 2 is 1.47 bits per heavy atom. The van der Waals surface area contributed by atoms with Crippen molar-refractivity contribution in [3.63, 3.8) is 0 Å². The summed E-state index contributed by atoms with van der Waals surface area (Å²) in [6.45, 7) is -1.31. The van der Waals surface area contributed by atoms with Crippen LogP contribution in [0.5, 0.6) is 0 Å². The molecule has 0 spiro atoms. The lowest BCUT2D eigenvalue weighted by atomic mass is 10.1. The Kier molecular flexibility index (Phi) is 7.40. The number of aliphatic hydroxyl groups is 2. The van der Waals surface area contributed by atoms with Gasteiger partial charge in [0.15, 0.2) is 35.1 Å². The normalized spacial score (nSPS) is 37.6. The molecule has 0 saturated carbocycles. The molecule has 7 rings (SSSR count). The molecule has 7 N–H and O–H groups in total. The summed E-state index contributed by atoms with van der Waals surface area (Å²) in [6.07, 6.45) is -7.94. The molecular weight excluding hydrogens is 640 g/mol. The number of rotatable bonds is 2. The largest absolute Gasteiger partial charge is 0.387 e. The van der Waals surface area contributed by atoms with Crippen molar-refractivity contribution in [3.8, 4) is 0 Å². The maximum atomic E-state index is 13.4. The van der Waals surface area contributed by atoms with E-state index >= 15 is 0 Å². The van der Waals surface area contributed by atoms with E-state index in [1.807, 2.05) is 0 Å². The Bertz CT molecular complexity index is 1940. The summed E-state index contributed by atoms with van der Waals surface area (Å²) in [7, 11) is 2.69. The van der Waals surface area contributed by atoms with Crippen molar-refractivity contribution in [1.29, 1.82) is 0 Å². The second-order valence-electron chi connectivity index (χ2n) is 10.3. The fraction of sp³-hybridized carbons (Fsp3) is 0.500. The van der Waals surface area contributed by atoms with Crippen LogP contribution in [0.15, 0.2) is 23.8 Å². The van der Waals surface area contributed by atoms with Gasteiger partial charge in [-0.2, -0.15) is 4.98 Å². The number of hydrogen-bond acceptors (Lipinski definition) is 18. The molecule has 25 heteroatoms. The Labute approximate surface area is 253 Å². The number of nitrogens with two attached hydrogens (primary N) is 2. The molecule has 2 bridgehead atoms. The van der Waals surface area contributed by atoms with Gasteiger partial charge in [0.2, 0.25) is 21.1 Å². The van der Waals surface area contributed by atoms with Crippen molar-refractivity contribution in [3.05, 3.63) is 29.3 Å². The highest BCUT2D eigenvalue weighted by Crippen LogP contribution is 2.53. The maximum absolute atomic E-state index is 13.4. The minimum absolute atomic E-state index is 0.0633. The molecule has 3 aliphatic heterocycles. The van der Waals surface area contributed by atoms with Crippen LogP contribution >= 0.6 is 14.9 Å². The Balaban J connectivity index is 1.21. The van der Waals surface area contributed by atoms with Gasteiger partial charge in [0.1, 0.15) is 48.5 Å². The first-order valence-corrected chi connectivity index (χ1v) is 16.3. The summed E-state index contributed by atoms with van der Waals surface area (Å²) in [5, 5.41) is 22.3. The number of ether oxygens (including phenoxy) is 2. The maximum Gasteiger partial charge on any atom is 0.280 e. The molecule has 7 heterocycles. The van der Waals surface area contributed by atoms with Gasteiger partial charge >= 0.3 is 0 Å². The number of imidazole rings is 2. The van der Waals surface area contributed by atoms with E-state index in [9.17, 15) is 24.1 Å². The van der Waals surface area contributed by atoms with Crippen LogP contribution in [0.2, 0.25) is 0 Å². The topological polar surface area (TPSA) is 289 Å². The summed E-state index contributed by atoms with van der Waals surface area (Å²) in [5.41, 5.74) is 11.1. The van der Waals surface area contributed by atoms with Gasteiger partial charge in [-0.25, -0.2) is 19.9 Å². The standard InChI is InChI=1S/C20H22B2N10O11P2/c21-44(36)38-1-6-10(33)13(19(40-6)32-5-28-9-16(32)29-20(24)30-17(9)35)43-45(22,37)39-2-7-12(42-44)11(34)18(41-7)31-4-27-8-14(23)25-3-26-15(8)31/h3-7,10-13,18-19,33-34H,1-2H2,(H2,23,25,26)(H3,24,29,30,35)/t6-,7-,10-,11-,12-,13-,18-,19-,44?,45?/m1/s1. The SMILES string of the molecule is [B]P1(=O)OC[C@H]2O[C@@H](n3cnc4c(N)ncnc43)[C@H](O)[C@@H]2OP([B])(=O)OC[C@H]2O[C@@H](n3cnc4c(=O)[nH]c(N)nc43)[C@H](O1)[C@@H]2O. The summed E-state index contributed by atoms with van der Waals surface area (Å²) in [4.78, 5) is 34.8. The van der Waals surface area contributed by atoms with E-state index in [1.165, 1.54) is 21.8 Å². The Morgan fingerprint density at radius 3 is 2.20 bits per heavy atom. The molecule has 4 aromatic heterocycles. The minimum atomic E-state index is -4.58. The predicted molar refractivity (Wildman–Crippen MR) is 151 cm³/mol. The minimum Gasteiger partial charge on any atom is -0.387 e. The van der Waals surface area contributed by atoms with Crippen LogP contribution in [0, 0.1) is 0 Å². The number of fused-ring (bicyclic) bond motifs is 5. The van der Waals surface area contributed by atoms with Crippen LogP contribution in [-0.4, -0.2) is 114 Å². The number of H-pyrrole nitrogens is 1. The lowest BCUT2D eigenvalue weighted by Gasteiger charge is -2.28. The van der Waals surface area contributed by atoms with Crippen LogP contribution < -0.4 is 17.0 Å². The highest BCUT2D eigenvalue weighted by molar-refractivity contribution is 7.79. The quantitative estimate of drug-likeness (QED) is 0.115. The zero-order valence-corrected chi connectivity index (χ0v) is 24.5. The van der Waals surface area contributed by atoms with Gasteiger partial charge in [-0.3, -0.25) is 28.0 Å². The molecule has 21 nitrogen and oxygen atoms in total. The van der Waals surface area contributed by atoms with Crippen molar-refractivity contribution in [1.82, 2.24) is 39.0 Å². The molecule has 234 valence electrons. The number of aromatic amines is 1. The smallest absolute Gasteiger partial charge is 0.280 e. The summed E-state index contributed by atoms with van der Waals surface area (Å²) < 4.78 is 62.9. The number of nitrogen functional groups attached to an aromatic ring is 2. The van der Waals surface area contributed by atoms with Gasteiger partial charge in [0.05, 0.1) is 25.9 Å². The van der Waals surface area contributed by atoms with Gasteiger partial charge in [-0.1, -0.05) is 0 Å². The molecule has 0 aromatic carbocycles. The fourth-order valence-electron chi connectivity index (χ4n) is 5.35. The molecule has 3 aliphatic rings. The van der Waals surface area contributed by atoms with Gasteiger partial charge in [0.25, 0.3) is 20.5 Å².